The lowest BCUT2D eigenvalue weighted by molar-refractivity contribution is -0.161. The van der Waals surface area contributed by atoms with E-state index in [-0.39, 0.29) is 25.7 Å². The number of rotatable bonds is 89. The molecule has 0 rings (SSSR count). The zero-order chi connectivity index (χ0) is 81.3. The molecule has 0 aliphatic heterocycles. The molecule has 0 aliphatic carbocycles. The fraction of sp³-hybridized carbons (Fsp3) is 0.913. The molecule has 0 heterocycles. The van der Waals surface area contributed by atoms with Crippen molar-refractivity contribution in [1.82, 2.24) is 0 Å². The summed E-state index contributed by atoms with van der Waals surface area (Å²) in [6.07, 6.45) is 80.1. The van der Waals surface area contributed by atoms with Gasteiger partial charge < -0.3 is 33.8 Å². The molecule has 0 aliphatic rings. The molecule has 111 heavy (non-hydrogen) atoms. The predicted molar refractivity (Wildman–Crippen MR) is 460 cm³/mol. The van der Waals surface area contributed by atoms with Gasteiger partial charge in [-0.15, -0.1) is 0 Å². The van der Waals surface area contributed by atoms with Gasteiger partial charge in [0.1, 0.15) is 19.3 Å². The van der Waals surface area contributed by atoms with Gasteiger partial charge in [-0.05, 0) is 63.2 Å². The third-order valence-corrected chi connectivity index (χ3v) is 23.7. The van der Waals surface area contributed by atoms with Crippen LogP contribution in [0.2, 0.25) is 0 Å². The fourth-order valence-corrected chi connectivity index (χ4v) is 15.5. The van der Waals surface area contributed by atoms with Crippen LogP contribution in [0.5, 0.6) is 0 Å². The molecule has 7 atom stereocenters. The van der Waals surface area contributed by atoms with E-state index in [4.69, 9.17) is 37.0 Å². The number of phosphoric acid groups is 2. The highest BCUT2D eigenvalue weighted by molar-refractivity contribution is 7.47. The molecule has 0 aromatic rings. The van der Waals surface area contributed by atoms with Crippen LogP contribution in [0.25, 0.3) is 0 Å². The van der Waals surface area contributed by atoms with Gasteiger partial charge in [-0.3, -0.25) is 37.3 Å². The monoisotopic (exact) mass is 1620 g/mol. The molecule has 0 fully saturated rings. The highest BCUT2D eigenvalue weighted by Crippen LogP contribution is 2.45. The maximum Gasteiger partial charge on any atom is 0.472 e. The Bertz CT molecular complexity index is 2220. The Hall–Kier alpha value is -2.46. The van der Waals surface area contributed by atoms with Crippen molar-refractivity contribution in [3.63, 3.8) is 0 Å². The van der Waals surface area contributed by atoms with Crippen LogP contribution in [0.1, 0.15) is 472 Å². The topological polar surface area (TPSA) is 237 Å². The van der Waals surface area contributed by atoms with Crippen molar-refractivity contribution in [1.29, 1.82) is 0 Å². The lowest BCUT2D eigenvalue weighted by Gasteiger charge is -2.21. The quantitative estimate of drug-likeness (QED) is 0.0169. The van der Waals surface area contributed by atoms with Crippen LogP contribution in [0.4, 0.5) is 0 Å². The van der Waals surface area contributed by atoms with Gasteiger partial charge in [0, 0.05) is 25.7 Å². The number of phosphoric ester groups is 2. The number of unbranched alkanes of at least 4 members (excludes halogenated alkanes) is 54. The molecule has 3 N–H and O–H groups in total. The average molecular weight is 1620 g/mol. The summed E-state index contributed by atoms with van der Waals surface area (Å²) in [5, 5.41) is 10.7. The first kappa shape index (κ1) is 109. The SMILES string of the molecule is CCCCCC/C=C\C=C/CCCCCCCC(=O)O[C@H](COC(=O)CCCCCCCCCCC(C)CC)COP(=O)(O)OC[C@H](O)COP(=O)(O)OC[C@@H](COC(=O)CCCCCCCCCCCCCCCCCCCCCCCC)OC(=O)CCCCCCCCCCCCCCCCCCCCC(C)CC. The van der Waals surface area contributed by atoms with Crippen molar-refractivity contribution in [3.05, 3.63) is 24.3 Å². The number of ether oxygens (including phenoxy) is 4. The van der Waals surface area contributed by atoms with Gasteiger partial charge in [-0.2, -0.15) is 0 Å². The molecule has 0 saturated carbocycles. The molecule has 0 spiro atoms. The summed E-state index contributed by atoms with van der Waals surface area (Å²) in [7, 11) is -9.95. The van der Waals surface area contributed by atoms with Crippen molar-refractivity contribution in [2.75, 3.05) is 39.6 Å². The summed E-state index contributed by atoms with van der Waals surface area (Å²) in [5.74, 6) is -0.483. The Labute approximate surface area is 682 Å². The largest absolute Gasteiger partial charge is 0.472 e. The van der Waals surface area contributed by atoms with E-state index in [1.807, 2.05) is 0 Å². The highest BCUT2D eigenvalue weighted by Gasteiger charge is 2.31. The van der Waals surface area contributed by atoms with Crippen molar-refractivity contribution in [3.8, 4) is 0 Å². The predicted octanol–water partition coefficient (Wildman–Crippen LogP) is 28.1. The van der Waals surface area contributed by atoms with Gasteiger partial charge in [-0.25, -0.2) is 9.13 Å². The van der Waals surface area contributed by atoms with Gasteiger partial charge in [-0.1, -0.05) is 419 Å². The van der Waals surface area contributed by atoms with E-state index < -0.39 is 97.5 Å². The molecule has 0 amide bonds. The number of carbonyl (C=O) groups is 4. The average Bonchev–Trinajstić information content (AvgIpc) is 0.899. The van der Waals surface area contributed by atoms with Gasteiger partial charge >= 0.3 is 39.5 Å². The molecule has 0 saturated heterocycles. The molecule has 0 bridgehead atoms. The van der Waals surface area contributed by atoms with Crippen LogP contribution < -0.4 is 0 Å². The van der Waals surface area contributed by atoms with Crippen LogP contribution in [-0.2, 0) is 65.4 Å². The fourth-order valence-electron chi connectivity index (χ4n) is 13.9. The number of allylic oxidation sites excluding steroid dienone is 4. The molecular weight excluding hydrogens is 1440 g/mol. The van der Waals surface area contributed by atoms with Crippen LogP contribution in [0.3, 0.4) is 0 Å². The lowest BCUT2D eigenvalue weighted by atomic mass is 9.99. The second kappa shape index (κ2) is 82.6. The summed E-state index contributed by atoms with van der Waals surface area (Å²) in [6, 6.07) is 0. The normalized spacial score (nSPS) is 14.4. The summed E-state index contributed by atoms with van der Waals surface area (Å²) >= 11 is 0. The molecule has 17 nitrogen and oxygen atoms in total. The van der Waals surface area contributed by atoms with Crippen LogP contribution >= 0.6 is 15.6 Å². The van der Waals surface area contributed by atoms with Crippen molar-refractivity contribution in [2.45, 2.75) is 490 Å². The molecule has 19 heteroatoms. The summed E-state index contributed by atoms with van der Waals surface area (Å²) in [4.78, 5) is 73.4. The van der Waals surface area contributed by atoms with E-state index in [1.165, 1.54) is 276 Å². The lowest BCUT2D eigenvalue weighted by Crippen LogP contribution is -2.30. The van der Waals surface area contributed by atoms with Crippen molar-refractivity contribution < 1.29 is 80.2 Å². The van der Waals surface area contributed by atoms with E-state index in [0.29, 0.717) is 25.7 Å². The molecule has 4 unspecified atom stereocenters. The maximum atomic E-state index is 13.2. The Balaban J connectivity index is 5.26. The first-order valence-corrected chi connectivity index (χ1v) is 49.9. The molecule has 0 aromatic heterocycles. The standard InChI is InChI=1S/C92H176O17P2/c1-7-11-13-15-17-19-21-23-25-26-27-28-29-30-34-38-41-45-49-56-62-68-74-89(94)102-80-87(108-91(96)77-71-65-59-51-47-43-39-35-32-31-33-37-40-44-48-54-60-66-72-84(5)9-3)82-106-110(98,99)104-78-86(93)79-105-111(100,101)107-83-88(81-103-90(95)75-69-63-57-53-52-55-61-67-73-85(6)10-4)109-92(97)76-70-64-58-50-46-42-36-24-22-20-18-16-14-12-8-2/h20,22,24,36,84-88,93H,7-19,21,23,25-35,37-83H2,1-6H3,(H,98,99)(H,100,101)/b22-20-,36-24-/t84?,85?,86-,87-,88-/m1/s1. The second-order valence-electron chi connectivity index (χ2n) is 32.8. The van der Waals surface area contributed by atoms with E-state index in [2.05, 4.69) is 65.8 Å². The first-order chi connectivity index (χ1) is 53.9. The number of hydrogen-bond donors (Lipinski definition) is 3. The molecule has 0 radical (unpaired) electrons. The van der Waals surface area contributed by atoms with Crippen LogP contribution in [-0.4, -0.2) is 96.7 Å². The first-order valence-electron chi connectivity index (χ1n) is 46.9. The minimum Gasteiger partial charge on any atom is -0.462 e. The zero-order valence-electron chi connectivity index (χ0n) is 72.8. The van der Waals surface area contributed by atoms with E-state index in [1.54, 1.807) is 0 Å². The number of carbonyl (C=O) groups excluding carboxylic acids is 4. The summed E-state index contributed by atoms with van der Waals surface area (Å²) < 4.78 is 69.0. The van der Waals surface area contributed by atoms with Crippen molar-refractivity contribution in [2.24, 2.45) is 11.8 Å². The maximum absolute atomic E-state index is 13.2. The van der Waals surface area contributed by atoms with E-state index in [0.717, 1.165) is 115 Å². The Morgan fingerprint density at radius 1 is 0.288 bits per heavy atom. The zero-order valence-corrected chi connectivity index (χ0v) is 74.6. The number of aliphatic hydroxyl groups excluding tert-OH is 1. The summed E-state index contributed by atoms with van der Waals surface area (Å²) in [5.41, 5.74) is 0. The molecular formula is C92H176O17P2. The Morgan fingerprint density at radius 2 is 0.505 bits per heavy atom. The minimum atomic E-state index is -4.98. The van der Waals surface area contributed by atoms with E-state index in [9.17, 15) is 43.2 Å². The van der Waals surface area contributed by atoms with Crippen LogP contribution in [0, 0.1) is 11.8 Å². The number of esters is 4. The molecule has 656 valence electrons. The second-order valence-corrected chi connectivity index (χ2v) is 35.8. The van der Waals surface area contributed by atoms with E-state index >= 15 is 0 Å². The Morgan fingerprint density at radius 3 is 0.766 bits per heavy atom. The number of aliphatic hydroxyl groups is 1. The van der Waals surface area contributed by atoms with Gasteiger partial charge in [0.2, 0.25) is 0 Å². The van der Waals surface area contributed by atoms with Gasteiger partial charge in [0.25, 0.3) is 0 Å². The number of hydrogen-bond acceptors (Lipinski definition) is 15. The van der Waals surface area contributed by atoms with Crippen molar-refractivity contribution >= 4 is 39.5 Å². The minimum absolute atomic E-state index is 0.0850. The van der Waals surface area contributed by atoms with Gasteiger partial charge in [0.15, 0.2) is 12.2 Å². The highest BCUT2D eigenvalue weighted by atomic mass is 31.2. The smallest absolute Gasteiger partial charge is 0.462 e. The Kier molecular flexibility index (Phi) is 80.8. The summed E-state index contributed by atoms with van der Waals surface area (Å²) in [6.45, 7) is 9.70. The third kappa shape index (κ3) is 82.4. The van der Waals surface area contributed by atoms with Gasteiger partial charge in [0.05, 0.1) is 26.4 Å². The molecule has 0 aromatic carbocycles. The third-order valence-electron chi connectivity index (χ3n) is 21.8. The van der Waals surface area contributed by atoms with Crippen LogP contribution in [0.15, 0.2) is 24.3 Å².